The monoisotopic (exact) mass is 319 g/mol. The van der Waals surface area contributed by atoms with E-state index < -0.39 is 0 Å². The minimum atomic E-state index is 0.343. The van der Waals surface area contributed by atoms with E-state index in [-0.39, 0.29) is 0 Å². The number of nitriles is 1. The van der Waals surface area contributed by atoms with E-state index >= 15 is 0 Å². The maximum atomic E-state index is 9.26. The predicted molar refractivity (Wildman–Crippen MR) is 91.6 cm³/mol. The highest BCUT2D eigenvalue weighted by atomic mass is 16.5. The van der Waals surface area contributed by atoms with Crippen molar-refractivity contribution in [3.05, 3.63) is 59.8 Å². The van der Waals surface area contributed by atoms with Gasteiger partial charge in [0.05, 0.1) is 25.6 Å². The zero-order valence-corrected chi connectivity index (χ0v) is 13.8. The second-order valence-corrected chi connectivity index (χ2v) is 5.34. The van der Waals surface area contributed by atoms with Crippen LogP contribution in [0, 0.1) is 18.3 Å². The second kappa shape index (κ2) is 6.47. The van der Waals surface area contributed by atoms with Crippen LogP contribution < -0.4 is 9.47 Å². The minimum absolute atomic E-state index is 0.343. The Morgan fingerprint density at radius 3 is 2.38 bits per heavy atom. The summed E-state index contributed by atoms with van der Waals surface area (Å²) in [6, 6.07) is 17.4. The third-order valence-corrected chi connectivity index (χ3v) is 3.79. The summed E-state index contributed by atoms with van der Waals surface area (Å²) < 4.78 is 12.5. The third-order valence-electron chi connectivity index (χ3n) is 3.79. The number of rotatable bonds is 4. The molecule has 3 rings (SSSR count). The van der Waals surface area contributed by atoms with E-state index in [1.165, 1.54) is 0 Å². The number of ether oxygens (including phenoxy) is 2. The molecule has 0 atom stereocenters. The first-order chi connectivity index (χ1) is 11.7. The molecule has 5 nitrogen and oxygen atoms in total. The van der Waals surface area contributed by atoms with Crippen LogP contribution in [0.15, 0.2) is 48.5 Å². The van der Waals surface area contributed by atoms with Crippen molar-refractivity contribution < 1.29 is 9.47 Å². The molecule has 0 fully saturated rings. The van der Waals surface area contributed by atoms with Crippen molar-refractivity contribution in [2.75, 3.05) is 14.2 Å². The lowest BCUT2D eigenvalue weighted by Gasteiger charge is -2.12. The summed E-state index contributed by atoms with van der Waals surface area (Å²) in [5.41, 5.74) is 3.96. The Kier molecular flexibility index (Phi) is 4.21. The van der Waals surface area contributed by atoms with Gasteiger partial charge in [-0.2, -0.15) is 10.4 Å². The van der Waals surface area contributed by atoms with Crippen molar-refractivity contribution in [3.63, 3.8) is 0 Å². The zero-order chi connectivity index (χ0) is 17.1. The van der Waals surface area contributed by atoms with Gasteiger partial charge in [-0.25, -0.2) is 4.68 Å². The van der Waals surface area contributed by atoms with Gasteiger partial charge >= 0.3 is 0 Å². The standard InChI is InChI=1S/C19H17N3O2/c1-13-4-6-15(7-5-13)22-18(10-14(12-20)21-22)17-11-16(23-2)8-9-19(17)24-3/h4-11H,1-3H3. The van der Waals surface area contributed by atoms with Crippen LogP contribution in [0.1, 0.15) is 11.3 Å². The fraction of sp³-hybridized carbons (Fsp3) is 0.158. The summed E-state index contributed by atoms with van der Waals surface area (Å²) in [5, 5.41) is 13.7. The molecule has 0 aliphatic rings. The van der Waals surface area contributed by atoms with Crippen LogP contribution in [0.4, 0.5) is 0 Å². The summed E-state index contributed by atoms with van der Waals surface area (Å²) in [6.07, 6.45) is 0. The summed E-state index contributed by atoms with van der Waals surface area (Å²) in [5.74, 6) is 1.40. The molecule has 0 saturated carbocycles. The smallest absolute Gasteiger partial charge is 0.163 e. The number of nitrogens with zero attached hydrogens (tertiary/aromatic N) is 3. The Labute approximate surface area is 140 Å². The summed E-state index contributed by atoms with van der Waals surface area (Å²) in [4.78, 5) is 0. The van der Waals surface area contributed by atoms with Crippen LogP contribution in [0.5, 0.6) is 11.5 Å². The van der Waals surface area contributed by atoms with Gasteiger partial charge in [0.1, 0.15) is 17.6 Å². The fourth-order valence-corrected chi connectivity index (χ4v) is 2.52. The molecule has 1 heterocycles. The van der Waals surface area contributed by atoms with Gasteiger partial charge in [0.15, 0.2) is 5.69 Å². The molecule has 120 valence electrons. The van der Waals surface area contributed by atoms with Crippen LogP contribution in [-0.2, 0) is 0 Å². The first kappa shape index (κ1) is 15.6. The Hall–Kier alpha value is -3.26. The van der Waals surface area contributed by atoms with Gasteiger partial charge in [-0.15, -0.1) is 0 Å². The molecule has 0 aliphatic heterocycles. The van der Waals surface area contributed by atoms with E-state index in [0.29, 0.717) is 17.2 Å². The van der Waals surface area contributed by atoms with E-state index in [1.54, 1.807) is 25.0 Å². The molecule has 0 radical (unpaired) electrons. The number of hydrogen-bond acceptors (Lipinski definition) is 4. The topological polar surface area (TPSA) is 60.1 Å². The van der Waals surface area contributed by atoms with E-state index in [0.717, 1.165) is 22.5 Å². The van der Waals surface area contributed by atoms with Crippen LogP contribution in [-0.4, -0.2) is 24.0 Å². The number of benzene rings is 2. The van der Waals surface area contributed by atoms with Crippen molar-refractivity contribution in [2.45, 2.75) is 6.92 Å². The van der Waals surface area contributed by atoms with Crippen molar-refractivity contribution in [1.29, 1.82) is 5.26 Å². The molecule has 0 unspecified atom stereocenters. The van der Waals surface area contributed by atoms with E-state index in [2.05, 4.69) is 11.2 Å². The highest BCUT2D eigenvalue weighted by Gasteiger charge is 2.16. The van der Waals surface area contributed by atoms with Crippen LogP contribution in [0.25, 0.3) is 16.9 Å². The molecule has 24 heavy (non-hydrogen) atoms. The van der Waals surface area contributed by atoms with Gasteiger partial charge in [0.25, 0.3) is 0 Å². The zero-order valence-electron chi connectivity index (χ0n) is 13.8. The molecule has 3 aromatic rings. The first-order valence-electron chi connectivity index (χ1n) is 7.46. The highest BCUT2D eigenvalue weighted by Crippen LogP contribution is 2.35. The molecular weight excluding hydrogens is 302 g/mol. The lowest BCUT2D eigenvalue weighted by molar-refractivity contribution is 0.404. The molecule has 0 N–H and O–H groups in total. The van der Waals surface area contributed by atoms with Gasteiger partial charge in [-0.05, 0) is 37.3 Å². The number of aryl methyl sites for hydroxylation is 1. The second-order valence-electron chi connectivity index (χ2n) is 5.34. The SMILES string of the molecule is COc1ccc(OC)c(-c2cc(C#N)nn2-c2ccc(C)cc2)c1. The number of aromatic nitrogens is 2. The third kappa shape index (κ3) is 2.82. The highest BCUT2D eigenvalue weighted by molar-refractivity contribution is 5.72. The summed E-state index contributed by atoms with van der Waals surface area (Å²) >= 11 is 0. The fourth-order valence-electron chi connectivity index (χ4n) is 2.52. The molecule has 0 saturated heterocycles. The van der Waals surface area contributed by atoms with Crippen LogP contribution in [0.3, 0.4) is 0 Å². The van der Waals surface area contributed by atoms with Gasteiger partial charge in [0.2, 0.25) is 0 Å². The Morgan fingerprint density at radius 1 is 1.00 bits per heavy atom. The van der Waals surface area contributed by atoms with Gasteiger partial charge < -0.3 is 9.47 Å². The summed E-state index contributed by atoms with van der Waals surface area (Å²) in [7, 11) is 3.23. The van der Waals surface area contributed by atoms with E-state index in [1.807, 2.05) is 49.4 Å². The average molecular weight is 319 g/mol. The number of hydrogen-bond donors (Lipinski definition) is 0. The largest absolute Gasteiger partial charge is 0.497 e. The van der Waals surface area contributed by atoms with Gasteiger partial charge in [-0.3, -0.25) is 0 Å². The normalized spacial score (nSPS) is 10.2. The van der Waals surface area contributed by atoms with Crippen molar-refractivity contribution in [2.24, 2.45) is 0 Å². The minimum Gasteiger partial charge on any atom is -0.497 e. The lowest BCUT2D eigenvalue weighted by Crippen LogP contribution is -2.00. The van der Waals surface area contributed by atoms with Crippen molar-refractivity contribution in [1.82, 2.24) is 9.78 Å². The molecular formula is C19H17N3O2. The van der Waals surface area contributed by atoms with Crippen LogP contribution >= 0.6 is 0 Å². The Bertz CT molecular complexity index is 905. The molecule has 5 heteroatoms. The lowest BCUT2D eigenvalue weighted by atomic mass is 10.1. The van der Waals surface area contributed by atoms with E-state index in [4.69, 9.17) is 9.47 Å². The van der Waals surface area contributed by atoms with Gasteiger partial charge in [0, 0.05) is 11.6 Å². The molecule has 0 amide bonds. The quantitative estimate of drug-likeness (QED) is 0.735. The van der Waals surface area contributed by atoms with E-state index in [9.17, 15) is 5.26 Å². The predicted octanol–water partition coefficient (Wildman–Crippen LogP) is 3.74. The number of methoxy groups -OCH3 is 2. The molecule has 0 bridgehead atoms. The maximum absolute atomic E-state index is 9.26. The maximum Gasteiger partial charge on any atom is 0.163 e. The van der Waals surface area contributed by atoms with Crippen LogP contribution in [0.2, 0.25) is 0 Å². The Morgan fingerprint density at radius 2 is 1.75 bits per heavy atom. The first-order valence-corrected chi connectivity index (χ1v) is 7.46. The molecule has 0 spiro atoms. The van der Waals surface area contributed by atoms with Crippen molar-refractivity contribution >= 4 is 0 Å². The molecule has 1 aromatic heterocycles. The van der Waals surface area contributed by atoms with Crippen molar-refractivity contribution in [3.8, 4) is 34.5 Å². The average Bonchev–Trinajstić information content (AvgIpc) is 3.06. The summed E-state index contributed by atoms with van der Waals surface area (Å²) in [6.45, 7) is 2.03. The molecule has 2 aromatic carbocycles. The van der Waals surface area contributed by atoms with Gasteiger partial charge in [-0.1, -0.05) is 17.7 Å². The Balaban J connectivity index is 2.23. The molecule has 0 aliphatic carbocycles.